The van der Waals surface area contributed by atoms with Crippen LogP contribution in [0, 0.1) is 11.3 Å². The lowest BCUT2D eigenvalue weighted by atomic mass is 10.1. The van der Waals surface area contributed by atoms with Gasteiger partial charge >= 0.3 is 0 Å². The highest BCUT2D eigenvalue weighted by Crippen LogP contribution is 2.30. The Morgan fingerprint density at radius 3 is 2.36 bits per heavy atom. The van der Waals surface area contributed by atoms with E-state index in [4.69, 9.17) is 5.26 Å². The summed E-state index contributed by atoms with van der Waals surface area (Å²) >= 11 is 0. The van der Waals surface area contributed by atoms with E-state index in [1.807, 2.05) is 43.3 Å². The van der Waals surface area contributed by atoms with Crippen LogP contribution in [-0.4, -0.2) is 32.7 Å². The van der Waals surface area contributed by atoms with E-state index in [2.05, 4.69) is 14.9 Å². The van der Waals surface area contributed by atoms with E-state index >= 15 is 0 Å². The van der Waals surface area contributed by atoms with Crippen molar-refractivity contribution in [3.05, 3.63) is 54.2 Å². The molecule has 0 amide bonds. The van der Waals surface area contributed by atoms with Crippen LogP contribution in [0.25, 0.3) is 10.8 Å². The topological polar surface area (TPSA) is 99.0 Å². The van der Waals surface area contributed by atoms with Crippen LogP contribution in [0.15, 0.2) is 53.4 Å². The predicted molar refractivity (Wildman–Crippen MR) is 95.8 cm³/mol. The smallest absolute Gasteiger partial charge is 0.263 e. The van der Waals surface area contributed by atoms with Gasteiger partial charge in [0.05, 0.1) is 4.90 Å². The minimum absolute atomic E-state index is 0.0553. The van der Waals surface area contributed by atoms with Crippen molar-refractivity contribution < 1.29 is 8.42 Å². The fourth-order valence-electron chi connectivity index (χ4n) is 2.53. The van der Waals surface area contributed by atoms with Crippen molar-refractivity contribution in [2.75, 3.05) is 23.7 Å². The van der Waals surface area contributed by atoms with E-state index < -0.39 is 10.0 Å². The first-order valence-electron chi connectivity index (χ1n) is 7.38. The summed E-state index contributed by atoms with van der Waals surface area (Å²) in [6.07, 6.45) is 0. The zero-order valence-electron chi connectivity index (χ0n) is 13.6. The van der Waals surface area contributed by atoms with E-state index in [1.54, 1.807) is 18.2 Å². The molecular weight excluding hydrogens is 338 g/mol. The first-order valence-corrected chi connectivity index (χ1v) is 8.86. The molecule has 3 aromatic rings. The van der Waals surface area contributed by atoms with Crippen LogP contribution in [-0.2, 0) is 10.0 Å². The number of fused-ring (bicyclic) bond motifs is 1. The largest absolute Gasteiger partial charge is 0.377 e. The summed E-state index contributed by atoms with van der Waals surface area (Å²) in [6.45, 7) is 0. The number of nitrogens with zero attached hydrogens (tertiary/aromatic N) is 4. The molecule has 0 aliphatic heterocycles. The van der Waals surface area contributed by atoms with Gasteiger partial charge in [-0.25, -0.2) is 8.42 Å². The molecule has 1 aromatic heterocycles. The molecule has 126 valence electrons. The Morgan fingerprint density at radius 1 is 1.00 bits per heavy atom. The lowest BCUT2D eigenvalue weighted by molar-refractivity contribution is 0.601. The van der Waals surface area contributed by atoms with Crippen molar-refractivity contribution in [2.24, 2.45) is 0 Å². The van der Waals surface area contributed by atoms with Gasteiger partial charge in [-0.3, -0.25) is 4.72 Å². The molecule has 25 heavy (non-hydrogen) atoms. The van der Waals surface area contributed by atoms with Gasteiger partial charge < -0.3 is 4.90 Å². The number of benzene rings is 2. The number of sulfonamides is 1. The summed E-state index contributed by atoms with van der Waals surface area (Å²) in [6, 6.07) is 15.3. The molecule has 0 aliphatic rings. The van der Waals surface area contributed by atoms with E-state index in [0.717, 1.165) is 11.1 Å². The fourth-order valence-corrected chi connectivity index (χ4v) is 3.75. The number of anilines is 2. The van der Waals surface area contributed by atoms with Gasteiger partial charge in [0.1, 0.15) is 6.07 Å². The third kappa shape index (κ3) is 3.22. The van der Waals surface area contributed by atoms with Crippen molar-refractivity contribution in [3.63, 3.8) is 0 Å². The standard InChI is InChI=1S/C17H15N5O2S/c1-22(2)15-7-3-6-14-13(15)5-4-8-16(14)25(23,24)21-17-10-9-12(11-18)19-20-17/h3-10H,1-2H3,(H,20,21). The SMILES string of the molecule is CN(C)c1cccc2c(S(=O)(=O)Nc3ccc(C#N)nn3)cccc12. The van der Waals surface area contributed by atoms with Gasteiger partial charge in [0, 0.05) is 30.6 Å². The van der Waals surface area contributed by atoms with Gasteiger partial charge in [-0.2, -0.15) is 5.26 Å². The number of aromatic nitrogens is 2. The maximum Gasteiger partial charge on any atom is 0.263 e. The number of hydrogen-bond acceptors (Lipinski definition) is 6. The highest BCUT2D eigenvalue weighted by Gasteiger charge is 2.19. The van der Waals surface area contributed by atoms with Gasteiger partial charge in [0.15, 0.2) is 11.5 Å². The maximum atomic E-state index is 12.8. The van der Waals surface area contributed by atoms with Gasteiger partial charge in [0.25, 0.3) is 10.0 Å². The molecule has 0 bridgehead atoms. The van der Waals surface area contributed by atoms with E-state index in [0.29, 0.717) is 5.39 Å². The van der Waals surface area contributed by atoms with Crippen molar-refractivity contribution in [1.29, 1.82) is 5.26 Å². The summed E-state index contributed by atoms with van der Waals surface area (Å²) in [4.78, 5) is 2.08. The van der Waals surface area contributed by atoms with Crippen molar-refractivity contribution in [1.82, 2.24) is 10.2 Å². The monoisotopic (exact) mass is 353 g/mol. The molecule has 3 rings (SSSR count). The van der Waals surface area contributed by atoms with Crippen molar-refractivity contribution >= 4 is 32.3 Å². The molecule has 0 aliphatic carbocycles. The number of nitriles is 1. The molecule has 8 heteroatoms. The predicted octanol–water partition coefficient (Wildman–Crippen LogP) is 2.37. The molecule has 0 saturated heterocycles. The van der Waals surface area contributed by atoms with Gasteiger partial charge in [-0.15, -0.1) is 10.2 Å². The van der Waals surface area contributed by atoms with Crippen molar-refractivity contribution in [3.8, 4) is 6.07 Å². The third-order valence-corrected chi connectivity index (χ3v) is 5.06. The van der Waals surface area contributed by atoms with E-state index in [1.165, 1.54) is 12.1 Å². The van der Waals surface area contributed by atoms with Crippen molar-refractivity contribution in [2.45, 2.75) is 4.90 Å². The molecule has 0 radical (unpaired) electrons. The zero-order chi connectivity index (χ0) is 18.0. The molecule has 0 unspecified atom stereocenters. The Kier molecular flexibility index (Phi) is 4.25. The second-order valence-electron chi connectivity index (χ2n) is 5.54. The molecule has 0 saturated carbocycles. The molecule has 1 N–H and O–H groups in total. The molecular formula is C17H15N5O2S. The summed E-state index contributed by atoms with van der Waals surface area (Å²) in [5.74, 6) is 0.0553. The highest BCUT2D eigenvalue weighted by molar-refractivity contribution is 7.93. The summed E-state index contributed by atoms with van der Waals surface area (Å²) in [5.41, 5.74) is 1.04. The normalized spacial score (nSPS) is 11.1. The van der Waals surface area contributed by atoms with Crippen LogP contribution in [0.2, 0.25) is 0 Å². The molecule has 1 heterocycles. The Morgan fingerprint density at radius 2 is 1.72 bits per heavy atom. The quantitative estimate of drug-likeness (QED) is 0.773. The van der Waals surface area contributed by atoms with Crippen LogP contribution in [0.3, 0.4) is 0 Å². The average molecular weight is 353 g/mol. The third-order valence-electron chi connectivity index (χ3n) is 3.65. The number of nitrogens with one attached hydrogen (secondary N) is 1. The Balaban J connectivity index is 2.08. The molecule has 2 aromatic carbocycles. The van der Waals surface area contributed by atoms with Crippen LogP contribution >= 0.6 is 0 Å². The van der Waals surface area contributed by atoms with Gasteiger partial charge in [-0.1, -0.05) is 24.3 Å². The molecule has 0 fully saturated rings. The van der Waals surface area contributed by atoms with Gasteiger partial charge in [-0.05, 0) is 24.3 Å². The summed E-state index contributed by atoms with van der Waals surface area (Å²) in [7, 11) is -0.0493. The van der Waals surface area contributed by atoms with Crippen LogP contribution in [0.5, 0.6) is 0 Å². The Bertz CT molecular complexity index is 1070. The summed E-state index contributed by atoms with van der Waals surface area (Å²) in [5, 5.41) is 17.5. The van der Waals surface area contributed by atoms with Gasteiger partial charge in [0.2, 0.25) is 0 Å². The Labute approximate surface area is 145 Å². The van der Waals surface area contributed by atoms with E-state index in [9.17, 15) is 8.42 Å². The van der Waals surface area contributed by atoms with Crippen LogP contribution in [0.4, 0.5) is 11.5 Å². The second-order valence-corrected chi connectivity index (χ2v) is 7.19. The van der Waals surface area contributed by atoms with E-state index in [-0.39, 0.29) is 16.4 Å². The highest BCUT2D eigenvalue weighted by atomic mass is 32.2. The fraction of sp³-hybridized carbons (Fsp3) is 0.118. The molecule has 7 nitrogen and oxygen atoms in total. The minimum Gasteiger partial charge on any atom is -0.377 e. The Hall–Kier alpha value is -3.18. The van der Waals surface area contributed by atoms with Crippen LogP contribution < -0.4 is 9.62 Å². The lowest BCUT2D eigenvalue weighted by Crippen LogP contribution is -2.15. The maximum absolute atomic E-state index is 12.8. The minimum atomic E-state index is -3.86. The second kappa shape index (κ2) is 6.37. The average Bonchev–Trinajstić information content (AvgIpc) is 2.60. The summed E-state index contributed by atoms with van der Waals surface area (Å²) < 4.78 is 28.0. The zero-order valence-corrected chi connectivity index (χ0v) is 14.4. The first-order chi connectivity index (χ1) is 11.9. The molecule has 0 spiro atoms. The number of rotatable bonds is 4. The lowest BCUT2D eigenvalue weighted by Gasteiger charge is -2.17. The molecule has 0 atom stereocenters. The van der Waals surface area contributed by atoms with Crippen LogP contribution in [0.1, 0.15) is 5.69 Å². The number of hydrogen-bond donors (Lipinski definition) is 1. The first kappa shape index (κ1) is 16.7.